The minimum absolute atomic E-state index is 1.02. The maximum atomic E-state index is 6.33. The quantitative estimate of drug-likeness (QED) is 0.124. The Morgan fingerprint density at radius 2 is 0.750 bits per heavy atom. The lowest BCUT2D eigenvalue weighted by molar-refractivity contribution is 0.451. The van der Waals surface area contributed by atoms with Gasteiger partial charge in [0.1, 0.15) is 0 Å². The second-order valence-electron chi connectivity index (χ2n) is 11.9. The fraction of sp³-hybridized carbons (Fsp3) is 0.667. The van der Waals surface area contributed by atoms with Gasteiger partial charge >= 0.3 is 0 Å². The van der Waals surface area contributed by atoms with E-state index in [4.69, 9.17) is 11.5 Å². The van der Waals surface area contributed by atoms with E-state index < -0.39 is 0 Å². The molecule has 0 bridgehead atoms. The van der Waals surface area contributed by atoms with Crippen LogP contribution >= 0.6 is 0 Å². The van der Waals surface area contributed by atoms with Gasteiger partial charge in [-0.25, -0.2) is 0 Å². The van der Waals surface area contributed by atoms with Crippen molar-refractivity contribution < 1.29 is 0 Å². The molecule has 0 aliphatic carbocycles. The summed E-state index contributed by atoms with van der Waals surface area (Å²) >= 11 is 0. The highest BCUT2D eigenvalue weighted by molar-refractivity contribution is 5.37. The van der Waals surface area contributed by atoms with Crippen LogP contribution in [0, 0.1) is 0 Å². The molecule has 4 N–H and O–H groups in total. The smallest absolute Gasteiger partial charge is 0.0219 e. The molecule has 0 amide bonds. The molecule has 0 fully saturated rings. The number of unbranched alkanes of at least 4 members (excludes halogenated alkanes) is 15. The molecule has 0 unspecified atom stereocenters. The van der Waals surface area contributed by atoms with E-state index in [-0.39, 0.29) is 0 Å². The summed E-state index contributed by atoms with van der Waals surface area (Å²) in [5, 5.41) is 0. The van der Waals surface area contributed by atoms with E-state index in [1.807, 2.05) is 0 Å². The van der Waals surface area contributed by atoms with Crippen LogP contribution in [0.1, 0.15) is 142 Å². The number of rotatable bonds is 23. The molecular formula is C36H62N4. The highest BCUT2D eigenvalue weighted by atomic mass is 15.1. The van der Waals surface area contributed by atoms with Gasteiger partial charge in [-0.05, 0) is 74.0 Å². The Hall–Kier alpha value is -2.36. The molecule has 226 valence electrons. The van der Waals surface area contributed by atoms with Crippen molar-refractivity contribution in [2.24, 2.45) is 11.5 Å². The fourth-order valence-electron chi connectivity index (χ4n) is 5.42. The number of hydrogen-bond donors (Lipinski definition) is 2. The highest BCUT2D eigenvalue weighted by Gasteiger charge is 2.06. The molecule has 0 spiro atoms. The van der Waals surface area contributed by atoms with Gasteiger partial charge in [-0.1, -0.05) is 104 Å². The van der Waals surface area contributed by atoms with Crippen molar-refractivity contribution in [2.45, 2.75) is 142 Å². The van der Waals surface area contributed by atoms with Gasteiger partial charge < -0.3 is 21.3 Å². The molecule has 0 atom stereocenters. The Balaban J connectivity index is 1.43. The first kappa shape index (κ1) is 33.8. The van der Waals surface area contributed by atoms with Crippen molar-refractivity contribution in [1.82, 2.24) is 9.80 Å². The van der Waals surface area contributed by atoms with Gasteiger partial charge in [-0.2, -0.15) is 0 Å². The van der Waals surface area contributed by atoms with Gasteiger partial charge in [0, 0.05) is 49.3 Å². The average molecular weight is 551 g/mol. The van der Waals surface area contributed by atoms with E-state index in [0.29, 0.717) is 0 Å². The van der Waals surface area contributed by atoms with Gasteiger partial charge in [0.2, 0.25) is 0 Å². The SMILES string of the molecule is CCCCCCCC(N)=C1C=CN(CCCCCCCCCCN2C=CC(=C(N)CCCCCCC)C=C2)C=C1. The second kappa shape index (κ2) is 22.3. The first-order valence-corrected chi connectivity index (χ1v) is 16.9. The summed E-state index contributed by atoms with van der Waals surface area (Å²) in [6, 6.07) is 0. The van der Waals surface area contributed by atoms with Gasteiger partial charge in [-0.3, -0.25) is 0 Å². The first-order chi connectivity index (χ1) is 19.6. The molecule has 0 radical (unpaired) electrons. The Morgan fingerprint density at radius 3 is 1.10 bits per heavy atom. The summed E-state index contributed by atoms with van der Waals surface area (Å²) in [6.45, 7) is 6.73. The van der Waals surface area contributed by atoms with E-state index in [0.717, 1.165) is 37.3 Å². The predicted molar refractivity (Wildman–Crippen MR) is 176 cm³/mol. The van der Waals surface area contributed by atoms with Crippen LogP contribution in [0.5, 0.6) is 0 Å². The third kappa shape index (κ3) is 15.4. The molecule has 2 aliphatic rings. The number of hydrogen-bond acceptors (Lipinski definition) is 4. The molecule has 0 saturated carbocycles. The third-order valence-corrected chi connectivity index (χ3v) is 8.21. The normalized spacial score (nSPS) is 14.6. The molecule has 0 saturated heterocycles. The van der Waals surface area contributed by atoms with Crippen LogP contribution in [-0.2, 0) is 0 Å². The minimum atomic E-state index is 1.02. The Kier molecular flexibility index (Phi) is 18.9. The second-order valence-corrected chi connectivity index (χ2v) is 11.9. The topological polar surface area (TPSA) is 58.5 Å². The molecule has 0 aromatic carbocycles. The summed E-state index contributed by atoms with van der Waals surface area (Å²) in [5.41, 5.74) is 17.2. The maximum absolute atomic E-state index is 6.33. The summed E-state index contributed by atoms with van der Waals surface area (Å²) in [5.74, 6) is 0. The average Bonchev–Trinajstić information content (AvgIpc) is 2.98. The molecule has 2 heterocycles. The van der Waals surface area contributed by atoms with Crippen molar-refractivity contribution >= 4 is 0 Å². The van der Waals surface area contributed by atoms with Crippen LogP contribution in [0.4, 0.5) is 0 Å². The van der Waals surface area contributed by atoms with Crippen LogP contribution < -0.4 is 11.5 Å². The van der Waals surface area contributed by atoms with Crippen LogP contribution in [0.15, 0.2) is 71.6 Å². The number of nitrogens with two attached hydrogens (primary N) is 2. The zero-order valence-corrected chi connectivity index (χ0v) is 26.2. The third-order valence-electron chi connectivity index (χ3n) is 8.21. The first-order valence-electron chi connectivity index (χ1n) is 16.9. The van der Waals surface area contributed by atoms with Gasteiger partial charge in [0.25, 0.3) is 0 Å². The van der Waals surface area contributed by atoms with Crippen LogP contribution in [0.2, 0.25) is 0 Å². The molecule has 2 rings (SSSR count). The Morgan fingerprint density at radius 1 is 0.450 bits per heavy atom. The van der Waals surface area contributed by atoms with Crippen molar-refractivity contribution in [2.75, 3.05) is 13.1 Å². The molecule has 4 nitrogen and oxygen atoms in total. The Labute approximate surface area is 248 Å². The molecule has 4 heteroatoms. The number of nitrogens with zero attached hydrogens (tertiary/aromatic N) is 2. The van der Waals surface area contributed by atoms with E-state index in [9.17, 15) is 0 Å². The molecule has 2 aliphatic heterocycles. The van der Waals surface area contributed by atoms with Crippen molar-refractivity contribution in [3.8, 4) is 0 Å². The lowest BCUT2D eigenvalue weighted by atomic mass is 10.0. The van der Waals surface area contributed by atoms with Crippen molar-refractivity contribution in [3.63, 3.8) is 0 Å². The van der Waals surface area contributed by atoms with Gasteiger partial charge in [-0.15, -0.1) is 0 Å². The summed E-state index contributed by atoms with van der Waals surface area (Å²) in [4.78, 5) is 4.62. The van der Waals surface area contributed by atoms with Crippen molar-refractivity contribution in [1.29, 1.82) is 0 Å². The highest BCUT2D eigenvalue weighted by Crippen LogP contribution is 2.19. The zero-order chi connectivity index (χ0) is 28.7. The molecule has 0 aromatic heterocycles. The molecule has 0 aromatic rings. The van der Waals surface area contributed by atoms with E-state index in [1.54, 1.807) is 0 Å². The summed E-state index contributed by atoms with van der Waals surface area (Å²) in [6.07, 6.45) is 43.2. The monoisotopic (exact) mass is 550 g/mol. The molecular weight excluding hydrogens is 488 g/mol. The van der Waals surface area contributed by atoms with Crippen molar-refractivity contribution in [3.05, 3.63) is 71.6 Å². The zero-order valence-electron chi connectivity index (χ0n) is 26.2. The van der Waals surface area contributed by atoms with Gasteiger partial charge in [0.05, 0.1) is 0 Å². The molecule has 40 heavy (non-hydrogen) atoms. The largest absolute Gasteiger partial charge is 0.402 e. The lowest BCUT2D eigenvalue weighted by Gasteiger charge is -2.20. The Bertz CT molecular complexity index is 743. The fourth-order valence-corrected chi connectivity index (χ4v) is 5.42. The summed E-state index contributed by atoms with van der Waals surface area (Å²) < 4.78 is 0. The lowest BCUT2D eigenvalue weighted by Crippen LogP contribution is -2.14. The predicted octanol–water partition coefficient (Wildman–Crippen LogP) is 9.94. The van der Waals surface area contributed by atoms with Crippen LogP contribution in [0.25, 0.3) is 0 Å². The van der Waals surface area contributed by atoms with E-state index in [2.05, 4.69) is 72.8 Å². The van der Waals surface area contributed by atoms with E-state index >= 15 is 0 Å². The van der Waals surface area contributed by atoms with E-state index in [1.165, 1.54) is 127 Å². The maximum Gasteiger partial charge on any atom is 0.0219 e. The number of allylic oxidation sites excluding steroid dienone is 8. The standard InChI is InChI=1S/C36H62N4/c1-3-5-7-13-17-21-35(37)33-23-29-39(30-24-33)27-19-15-11-9-10-12-16-20-28-40-31-25-34(26-32-40)36(38)22-18-14-8-6-4-2/h23-26,29-32H,3-22,27-28,37-38H2,1-2H3. The summed E-state index contributed by atoms with van der Waals surface area (Å²) in [7, 11) is 0. The van der Waals surface area contributed by atoms with Crippen LogP contribution in [0.3, 0.4) is 0 Å². The van der Waals surface area contributed by atoms with Crippen LogP contribution in [-0.4, -0.2) is 22.9 Å². The van der Waals surface area contributed by atoms with Gasteiger partial charge in [0.15, 0.2) is 0 Å². The minimum Gasteiger partial charge on any atom is -0.402 e.